The first-order chi connectivity index (χ1) is 8.34. The molecule has 0 spiro atoms. The summed E-state index contributed by atoms with van der Waals surface area (Å²) >= 11 is 3.12. The van der Waals surface area contributed by atoms with Crippen LogP contribution < -0.4 is 0 Å². The van der Waals surface area contributed by atoms with Gasteiger partial charge in [0, 0.05) is 13.1 Å². The summed E-state index contributed by atoms with van der Waals surface area (Å²) < 4.78 is 37.9. The van der Waals surface area contributed by atoms with Crippen LogP contribution in [0.4, 0.5) is 13.2 Å². The van der Waals surface area contributed by atoms with Crippen molar-refractivity contribution in [3.8, 4) is 0 Å². The van der Waals surface area contributed by atoms with Gasteiger partial charge in [-0.3, -0.25) is 4.99 Å². The number of hydrogen-bond donors (Lipinski definition) is 0. The van der Waals surface area contributed by atoms with Gasteiger partial charge < -0.3 is 4.90 Å². The molecule has 1 rings (SSSR count). The largest absolute Gasteiger partial charge is 0.391 e. The second-order valence-electron chi connectivity index (χ2n) is 4.09. The van der Waals surface area contributed by atoms with Gasteiger partial charge in [-0.25, -0.2) is 4.99 Å². The van der Waals surface area contributed by atoms with E-state index in [1.54, 1.807) is 6.92 Å². The molecule has 3 nitrogen and oxygen atoms in total. The minimum Gasteiger partial charge on any atom is -0.360 e. The van der Waals surface area contributed by atoms with E-state index in [1.165, 1.54) is 6.20 Å². The summed E-state index contributed by atoms with van der Waals surface area (Å²) in [5.41, 5.74) is 0. The lowest BCUT2D eigenvalue weighted by Crippen LogP contribution is -2.41. The topological polar surface area (TPSA) is 28.0 Å². The van der Waals surface area contributed by atoms with Gasteiger partial charge in [0.05, 0.1) is 12.1 Å². The summed E-state index contributed by atoms with van der Waals surface area (Å²) in [6, 6.07) is 0. The van der Waals surface area contributed by atoms with E-state index >= 15 is 0 Å². The van der Waals surface area contributed by atoms with Crippen molar-refractivity contribution in [2.45, 2.75) is 25.9 Å². The van der Waals surface area contributed by atoms with E-state index in [1.807, 2.05) is 4.90 Å². The highest BCUT2D eigenvalue weighted by molar-refractivity contribution is 9.11. The molecular weight excluding hydrogens is 311 g/mol. The Bertz CT molecular complexity index is 355. The van der Waals surface area contributed by atoms with Crippen LogP contribution in [0.3, 0.4) is 0 Å². The molecule has 7 heteroatoms. The molecule has 1 heterocycles. The number of aliphatic imine (C=N–C) groups is 2. The molecule has 1 aliphatic rings. The standard InChI is InChI=1S/C11H15BrF3N3/c1-8(17-7-10(12)16-2)18-5-3-9(4-6-18)11(13,14)15/h7,9H,2-6H2,1H3/b10-7-,17-8+. The fourth-order valence-electron chi connectivity index (χ4n) is 1.80. The second-order valence-corrected chi connectivity index (χ2v) is 4.90. The third-order valence-corrected chi connectivity index (χ3v) is 3.38. The molecule has 0 aliphatic carbocycles. The maximum Gasteiger partial charge on any atom is 0.391 e. The van der Waals surface area contributed by atoms with Crippen LogP contribution in [0.25, 0.3) is 0 Å². The molecule has 102 valence electrons. The Balaban J connectivity index is 2.55. The average molecular weight is 326 g/mol. The first-order valence-electron chi connectivity index (χ1n) is 5.53. The first-order valence-corrected chi connectivity index (χ1v) is 6.32. The second kappa shape index (κ2) is 6.36. The zero-order valence-corrected chi connectivity index (χ0v) is 11.6. The summed E-state index contributed by atoms with van der Waals surface area (Å²) in [7, 11) is 0. The van der Waals surface area contributed by atoms with Gasteiger partial charge in [0.25, 0.3) is 0 Å². The highest BCUT2D eigenvalue weighted by Gasteiger charge is 2.41. The fraction of sp³-hybridized carbons (Fsp3) is 0.636. The molecule has 0 bridgehead atoms. The molecule has 18 heavy (non-hydrogen) atoms. The van der Waals surface area contributed by atoms with E-state index in [2.05, 4.69) is 32.6 Å². The number of amidine groups is 1. The SMILES string of the molecule is C=N/C(Br)=C\N=C(/C)N1CCC(C(F)(F)F)CC1. The highest BCUT2D eigenvalue weighted by atomic mass is 79.9. The first kappa shape index (κ1) is 15.2. The monoisotopic (exact) mass is 325 g/mol. The molecule has 1 saturated heterocycles. The van der Waals surface area contributed by atoms with Gasteiger partial charge in [-0.05, 0) is 42.4 Å². The Morgan fingerprint density at radius 2 is 1.94 bits per heavy atom. The Labute approximate surface area is 113 Å². The molecule has 0 unspecified atom stereocenters. The van der Waals surface area contributed by atoms with Crippen molar-refractivity contribution in [3.63, 3.8) is 0 Å². The quantitative estimate of drug-likeness (QED) is 0.433. The fourth-order valence-corrected chi connectivity index (χ4v) is 1.90. The molecule has 0 saturated carbocycles. The van der Waals surface area contributed by atoms with Crippen molar-refractivity contribution in [3.05, 3.63) is 10.8 Å². The van der Waals surface area contributed by atoms with E-state index in [4.69, 9.17) is 0 Å². The van der Waals surface area contributed by atoms with Crippen LogP contribution in [0, 0.1) is 5.92 Å². The molecule has 1 fully saturated rings. The Kier molecular flexibility index (Phi) is 5.37. The van der Waals surface area contributed by atoms with E-state index in [9.17, 15) is 13.2 Å². The van der Waals surface area contributed by atoms with Crippen molar-refractivity contribution >= 4 is 28.5 Å². The highest BCUT2D eigenvalue weighted by Crippen LogP contribution is 2.34. The molecule has 0 aromatic rings. The molecule has 0 aromatic carbocycles. The van der Waals surface area contributed by atoms with Crippen LogP contribution in [-0.4, -0.2) is 36.7 Å². The number of alkyl halides is 3. The zero-order chi connectivity index (χ0) is 13.8. The third kappa shape index (κ3) is 4.44. The van der Waals surface area contributed by atoms with Crippen molar-refractivity contribution < 1.29 is 13.2 Å². The molecule has 0 amide bonds. The van der Waals surface area contributed by atoms with Crippen LogP contribution >= 0.6 is 15.9 Å². The van der Waals surface area contributed by atoms with Crippen molar-refractivity contribution in [1.82, 2.24) is 4.90 Å². The minimum absolute atomic E-state index is 0.126. The third-order valence-electron chi connectivity index (χ3n) is 2.92. The number of likely N-dealkylation sites (tertiary alicyclic amines) is 1. The average Bonchev–Trinajstić information content (AvgIpc) is 2.34. The van der Waals surface area contributed by atoms with Crippen molar-refractivity contribution in [1.29, 1.82) is 0 Å². The van der Waals surface area contributed by atoms with E-state index in [-0.39, 0.29) is 12.8 Å². The van der Waals surface area contributed by atoms with E-state index < -0.39 is 12.1 Å². The number of nitrogens with zero attached hydrogens (tertiary/aromatic N) is 3. The van der Waals surface area contributed by atoms with Crippen molar-refractivity contribution in [2.24, 2.45) is 15.9 Å². The van der Waals surface area contributed by atoms with Crippen LogP contribution in [-0.2, 0) is 0 Å². The smallest absolute Gasteiger partial charge is 0.360 e. The lowest BCUT2D eigenvalue weighted by atomic mass is 9.96. The summed E-state index contributed by atoms with van der Waals surface area (Å²) in [4.78, 5) is 9.58. The van der Waals surface area contributed by atoms with Gasteiger partial charge in [-0.2, -0.15) is 13.2 Å². The van der Waals surface area contributed by atoms with Crippen LogP contribution in [0.5, 0.6) is 0 Å². The molecule has 0 atom stereocenters. The number of hydrogen-bond acceptors (Lipinski definition) is 2. The minimum atomic E-state index is -4.08. The molecular formula is C11H15BrF3N3. The van der Waals surface area contributed by atoms with Gasteiger partial charge in [0.2, 0.25) is 0 Å². The maximum absolute atomic E-state index is 12.5. The lowest BCUT2D eigenvalue weighted by molar-refractivity contribution is -0.183. The van der Waals surface area contributed by atoms with Gasteiger partial charge in [-0.1, -0.05) is 0 Å². The predicted molar refractivity (Wildman–Crippen MR) is 70.0 cm³/mol. The normalized spacial score (nSPS) is 20.2. The van der Waals surface area contributed by atoms with E-state index in [0.717, 1.165) is 0 Å². The summed E-state index contributed by atoms with van der Waals surface area (Å²) in [6.07, 6.45) is -2.34. The Morgan fingerprint density at radius 1 is 1.39 bits per heavy atom. The summed E-state index contributed by atoms with van der Waals surface area (Å²) in [5.74, 6) is -0.491. The predicted octanol–water partition coefficient (Wildman–Crippen LogP) is 3.57. The molecule has 0 aromatic heterocycles. The van der Waals surface area contributed by atoms with Crippen LogP contribution in [0.15, 0.2) is 20.8 Å². The van der Waals surface area contributed by atoms with Crippen molar-refractivity contribution in [2.75, 3.05) is 13.1 Å². The zero-order valence-electron chi connectivity index (χ0n) is 10.0. The number of piperidine rings is 1. The Hall–Kier alpha value is -0.850. The number of halogens is 4. The molecule has 0 radical (unpaired) electrons. The van der Waals surface area contributed by atoms with Crippen LogP contribution in [0.1, 0.15) is 19.8 Å². The van der Waals surface area contributed by atoms with Gasteiger partial charge in [0.1, 0.15) is 10.4 Å². The maximum atomic E-state index is 12.5. The summed E-state index contributed by atoms with van der Waals surface area (Å²) in [5, 5.41) is 0. The Morgan fingerprint density at radius 3 is 2.39 bits per heavy atom. The van der Waals surface area contributed by atoms with Gasteiger partial charge in [-0.15, -0.1) is 0 Å². The summed E-state index contributed by atoms with van der Waals surface area (Å²) in [6.45, 7) is 5.85. The lowest BCUT2D eigenvalue weighted by Gasteiger charge is -2.33. The molecule has 0 N–H and O–H groups in total. The molecule has 1 aliphatic heterocycles. The number of rotatable bonds is 2. The van der Waals surface area contributed by atoms with Crippen LogP contribution in [0.2, 0.25) is 0 Å². The van der Waals surface area contributed by atoms with Gasteiger partial charge >= 0.3 is 6.18 Å². The van der Waals surface area contributed by atoms with Gasteiger partial charge in [0.15, 0.2) is 0 Å². The van der Waals surface area contributed by atoms with E-state index in [0.29, 0.717) is 23.5 Å².